The SMILES string of the molecule is O=C(CC1Sc2ccc(Cl)cc2NC1=O)NCc1ccc(CN2CCCC2)cc1. The van der Waals surface area contributed by atoms with Crippen LogP contribution in [0.2, 0.25) is 5.02 Å². The smallest absolute Gasteiger partial charge is 0.238 e. The maximum absolute atomic E-state index is 12.4. The molecule has 4 rings (SSSR count). The van der Waals surface area contributed by atoms with Crippen LogP contribution in [-0.4, -0.2) is 35.1 Å². The highest BCUT2D eigenvalue weighted by atomic mass is 35.5. The summed E-state index contributed by atoms with van der Waals surface area (Å²) < 4.78 is 0. The van der Waals surface area contributed by atoms with Crippen molar-refractivity contribution in [1.82, 2.24) is 10.2 Å². The Morgan fingerprint density at radius 1 is 1.14 bits per heavy atom. The summed E-state index contributed by atoms with van der Waals surface area (Å²) in [5, 5.41) is 5.90. The van der Waals surface area contributed by atoms with Crippen molar-refractivity contribution in [3.8, 4) is 0 Å². The predicted octanol–water partition coefficient (Wildman–Crippen LogP) is 4.06. The summed E-state index contributed by atoms with van der Waals surface area (Å²) in [4.78, 5) is 28.1. The molecule has 0 aromatic heterocycles. The monoisotopic (exact) mass is 429 g/mol. The number of nitrogens with zero attached hydrogens (tertiary/aromatic N) is 1. The van der Waals surface area contributed by atoms with Gasteiger partial charge in [0, 0.05) is 29.4 Å². The molecule has 1 atom stereocenters. The van der Waals surface area contributed by atoms with Crippen molar-refractivity contribution < 1.29 is 9.59 Å². The van der Waals surface area contributed by atoms with Gasteiger partial charge in [0.15, 0.2) is 0 Å². The van der Waals surface area contributed by atoms with Crippen LogP contribution in [0.1, 0.15) is 30.4 Å². The first-order valence-electron chi connectivity index (χ1n) is 9.91. The van der Waals surface area contributed by atoms with Crippen LogP contribution in [0.5, 0.6) is 0 Å². The summed E-state index contributed by atoms with van der Waals surface area (Å²) in [6.45, 7) is 3.82. The molecule has 0 bridgehead atoms. The number of carbonyl (C=O) groups is 2. The summed E-state index contributed by atoms with van der Waals surface area (Å²) in [6.07, 6.45) is 2.73. The van der Waals surface area contributed by atoms with E-state index in [4.69, 9.17) is 11.6 Å². The summed E-state index contributed by atoms with van der Waals surface area (Å²) in [7, 11) is 0. The highest BCUT2D eigenvalue weighted by molar-refractivity contribution is 8.01. The lowest BCUT2D eigenvalue weighted by Gasteiger charge is -2.23. The Balaban J connectivity index is 1.26. The predicted molar refractivity (Wildman–Crippen MR) is 117 cm³/mol. The molecule has 2 heterocycles. The molecule has 0 spiro atoms. The normalized spacial score (nSPS) is 18.9. The minimum Gasteiger partial charge on any atom is -0.352 e. The minimum absolute atomic E-state index is 0.129. The van der Waals surface area contributed by atoms with Crippen molar-refractivity contribution in [2.45, 2.75) is 42.5 Å². The first kappa shape index (κ1) is 20.3. The molecule has 0 aliphatic carbocycles. The Labute approximate surface area is 180 Å². The Morgan fingerprint density at radius 3 is 2.62 bits per heavy atom. The molecule has 2 aromatic carbocycles. The zero-order valence-corrected chi connectivity index (χ0v) is 17.7. The standard InChI is InChI=1S/C22H24ClN3O2S/c23-17-7-8-19-18(11-17)25-22(28)20(29-19)12-21(27)24-13-15-3-5-16(6-4-15)14-26-9-1-2-10-26/h3-8,11,20H,1-2,9-10,12-14H2,(H,24,27)(H,25,28). The lowest BCUT2D eigenvalue weighted by molar-refractivity contribution is -0.124. The van der Waals surface area contributed by atoms with Gasteiger partial charge in [-0.25, -0.2) is 0 Å². The van der Waals surface area contributed by atoms with E-state index in [1.54, 1.807) is 12.1 Å². The third-order valence-corrected chi connectivity index (χ3v) is 6.76. The van der Waals surface area contributed by atoms with Crippen LogP contribution in [0, 0.1) is 0 Å². The molecule has 2 N–H and O–H groups in total. The lowest BCUT2D eigenvalue weighted by Crippen LogP contribution is -2.34. The van der Waals surface area contributed by atoms with Gasteiger partial charge >= 0.3 is 0 Å². The van der Waals surface area contributed by atoms with Crippen molar-refractivity contribution >= 4 is 40.9 Å². The second-order valence-corrected chi connectivity index (χ2v) is 9.20. The molecule has 0 radical (unpaired) electrons. The number of rotatable bonds is 6. The van der Waals surface area contributed by atoms with Gasteiger partial charge in [-0.3, -0.25) is 14.5 Å². The molecule has 1 saturated heterocycles. The maximum Gasteiger partial charge on any atom is 0.238 e. The van der Waals surface area contributed by atoms with E-state index in [9.17, 15) is 9.59 Å². The van der Waals surface area contributed by atoms with E-state index in [0.29, 0.717) is 17.3 Å². The number of likely N-dealkylation sites (tertiary alicyclic amines) is 1. The minimum atomic E-state index is -0.438. The van der Waals surface area contributed by atoms with Crippen LogP contribution in [0.3, 0.4) is 0 Å². The van der Waals surface area contributed by atoms with Gasteiger partial charge in [0.1, 0.15) is 0 Å². The van der Waals surface area contributed by atoms with Crippen LogP contribution < -0.4 is 10.6 Å². The maximum atomic E-state index is 12.4. The van der Waals surface area contributed by atoms with Crippen molar-refractivity contribution in [1.29, 1.82) is 0 Å². The van der Waals surface area contributed by atoms with E-state index >= 15 is 0 Å². The van der Waals surface area contributed by atoms with E-state index in [-0.39, 0.29) is 18.2 Å². The molecule has 2 amide bonds. The van der Waals surface area contributed by atoms with Gasteiger partial charge in [-0.1, -0.05) is 35.9 Å². The molecule has 1 fully saturated rings. The van der Waals surface area contributed by atoms with Crippen LogP contribution >= 0.6 is 23.4 Å². The molecular formula is C22H24ClN3O2S. The molecular weight excluding hydrogens is 406 g/mol. The highest BCUT2D eigenvalue weighted by Crippen LogP contribution is 2.38. The second kappa shape index (κ2) is 9.20. The Kier molecular flexibility index (Phi) is 6.43. The molecule has 7 heteroatoms. The van der Waals surface area contributed by atoms with E-state index in [2.05, 4.69) is 39.8 Å². The van der Waals surface area contributed by atoms with E-state index < -0.39 is 5.25 Å². The van der Waals surface area contributed by atoms with Crippen molar-refractivity contribution in [3.05, 3.63) is 58.6 Å². The third kappa shape index (κ3) is 5.32. The number of anilines is 1. The van der Waals surface area contributed by atoms with Crippen LogP contribution in [0.25, 0.3) is 0 Å². The number of nitrogens with one attached hydrogen (secondary N) is 2. The summed E-state index contributed by atoms with van der Waals surface area (Å²) in [5.74, 6) is -0.289. The fourth-order valence-corrected chi connectivity index (χ4v) is 4.92. The van der Waals surface area contributed by atoms with Crippen molar-refractivity contribution in [2.24, 2.45) is 0 Å². The average Bonchev–Trinajstić information content (AvgIpc) is 3.21. The van der Waals surface area contributed by atoms with Gasteiger partial charge in [0.05, 0.1) is 10.9 Å². The third-order valence-electron chi connectivity index (χ3n) is 5.25. The topological polar surface area (TPSA) is 61.4 Å². The Hall–Kier alpha value is -2.02. The zero-order chi connectivity index (χ0) is 20.2. The molecule has 0 saturated carbocycles. The van der Waals surface area contributed by atoms with Crippen molar-refractivity contribution in [3.63, 3.8) is 0 Å². The first-order chi connectivity index (χ1) is 14.1. The second-order valence-electron chi connectivity index (χ2n) is 7.52. The van der Waals surface area contributed by atoms with Gasteiger partial charge in [0.25, 0.3) is 0 Å². The van der Waals surface area contributed by atoms with Gasteiger partial charge < -0.3 is 10.6 Å². The number of benzene rings is 2. The Bertz CT molecular complexity index is 897. The zero-order valence-electron chi connectivity index (χ0n) is 16.1. The number of fused-ring (bicyclic) bond motifs is 1. The van der Waals surface area contributed by atoms with Gasteiger partial charge in [-0.05, 0) is 55.3 Å². The van der Waals surface area contributed by atoms with Gasteiger partial charge in [-0.15, -0.1) is 11.8 Å². The fourth-order valence-electron chi connectivity index (χ4n) is 3.66. The number of halogens is 1. The number of amides is 2. The lowest BCUT2D eigenvalue weighted by atomic mass is 10.1. The summed E-state index contributed by atoms with van der Waals surface area (Å²) in [6, 6.07) is 13.8. The average molecular weight is 430 g/mol. The largest absolute Gasteiger partial charge is 0.352 e. The van der Waals surface area contributed by atoms with Gasteiger partial charge in [-0.2, -0.15) is 0 Å². The van der Waals surface area contributed by atoms with E-state index in [1.807, 2.05) is 6.07 Å². The number of hydrogen-bond acceptors (Lipinski definition) is 4. The van der Waals surface area contributed by atoms with Gasteiger partial charge in [0.2, 0.25) is 11.8 Å². The molecule has 152 valence electrons. The van der Waals surface area contributed by atoms with Crippen LogP contribution in [0.15, 0.2) is 47.4 Å². The van der Waals surface area contributed by atoms with Crippen molar-refractivity contribution in [2.75, 3.05) is 18.4 Å². The molecule has 1 unspecified atom stereocenters. The van der Waals surface area contributed by atoms with E-state index in [1.165, 1.54) is 43.3 Å². The van der Waals surface area contributed by atoms with Crippen LogP contribution in [0.4, 0.5) is 5.69 Å². The number of hydrogen-bond donors (Lipinski definition) is 2. The molecule has 2 aromatic rings. The molecule has 2 aliphatic heterocycles. The Morgan fingerprint density at radius 2 is 1.86 bits per heavy atom. The van der Waals surface area contributed by atoms with E-state index in [0.717, 1.165) is 17.0 Å². The molecule has 2 aliphatic rings. The summed E-state index contributed by atoms with van der Waals surface area (Å²) >= 11 is 7.37. The molecule has 29 heavy (non-hydrogen) atoms. The number of carbonyl (C=O) groups excluding carboxylic acids is 2. The highest BCUT2D eigenvalue weighted by Gasteiger charge is 2.29. The quantitative estimate of drug-likeness (QED) is 0.727. The molecule has 5 nitrogen and oxygen atoms in total. The fraction of sp³-hybridized carbons (Fsp3) is 0.364. The van der Waals surface area contributed by atoms with Crippen LogP contribution in [-0.2, 0) is 22.7 Å². The number of thioether (sulfide) groups is 1. The first-order valence-corrected chi connectivity index (χ1v) is 11.2. The summed E-state index contributed by atoms with van der Waals surface area (Å²) in [5.41, 5.74) is 3.07.